The average Bonchev–Trinajstić information content (AvgIpc) is 2.82. The number of aliphatic hydroxyl groups excluding tert-OH is 2. The van der Waals surface area contributed by atoms with Gasteiger partial charge in [0.1, 0.15) is 0 Å². The quantitative estimate of drug-likeness (QED) is 0.515. The third-order valence-electron chi connectivity index (χ3n) is 4.66. The third-order valence-corrected chi connectivity index (χ3v) is 4.66. The Morgan fingerprint density at radius 3 is 2.70 bits per heavy atom. The van der Waals surface area contributed by atoms with E-state index in [0.717, 1.165) is 25.7 Å². The van der Waals surface area contributed by atoms with Gasteiger partial charge in [0.05, 0.1) is 17.8 Å². The molecule has 0 bridgehead atoms. The van der Waals surface area contributed by atoms with E-state index >= 15 is 0 Å². The van der Waals surface area contributed by atoms with Crippen LogP contribution in [0.25, 0.3) is 0 Å². The second-order valence-electron chi connectivity index (χ2n) is 6.58. The highest BCUT2D eigenvalue weighted by atomic mass is 16.6. The largest absolute Gasteiger partial charge is 0.392 e. The van der Waals surface area contributed by atoms with Gasteiger partial charge in [0, 0.05) is 18.8 Å². The lowest BCUT2D eigenvalue weighted by Gasteiger charge is -2.22. The Labute approximate surface area is 121 Å². The van der Waals surface area contributed by atoms with Gasteiger partial charge in [0.2, 0.25) is 0 Å². The van der Waals surface area contributed by atoms with Gasteiger partial charge in [-0.2, -0.15) is 0 Å². The minimum absolute atomic E-state index is 0.0187. The van der Waals surface area contributed by atoms with Crippen LogP contribution in [0.2, 0.25) is 0 Å². The summed E-state index contributed by atoms with van der Waals surface area (Å²) in [5.74, 6) is 0.150. The zero-order chi connectivity index (χ0) is 14.8. The summed E-state index contributed by atoms with van der Waals surface area (Å²) < 4.78 is 5.40. The molecule has 4 heteroatoms. The van der Waals surface area contributed by atoms with Crippen molar-refractivity contribution in [3.05, 3.63) is 12.2 Å². The van der Waals surface area contributed by atoms with Gasteiger partial charge in [-0.15, -0.1) is 0 Å². The molecule has 1 aliphatic heterocycles. The fourth-order valence-electron chi connectivity index (χ4n) is 3.46. The van der Waals surface area contributed by atoms with Gasteiger partial charge < -0.3 is 20.1 Å². The second-order valence-corrected chi connectivity index (χ2v) is 6.58. The number of unbranched alkanes of at least 4 members (excludes halogenated alkanes) is 2. The highest BCUT2D eigenvalue weighted by molar-refractivity contribution is 5.09. The number of rotatable bonds is 6. The van der Waals surface area contributed by atoms with Crippen molar-refractivity contribution < 1.29 is 20.1 Å². The first kappa shape index (κ1) is 16.0. The first-order valence-electron chi connectivity index (χ1n) is 7.86. The molecule has 0 aromatic heterocycles. The van der Waals surface area contributed by atoms with E-state index in [1.54, 1.807) is 0 Å². The molecular weight excluding hydrogens is 256 g/mol. The summed E-state index contributed by atoms with van der Waals surface area (Å²) in [5.41, 5.74) is -0.814. The lowest BCUT2D eigenvalue weighted by molar-refractivity contribution is -0.0949. The fraction of sp³-hybridized carbons (Fsp3) is 0.875. The van der Waals surface area contributed by atoms with E-state index < -0.39 is 18.0 Å². The zero-order valence-electron chi connectivity index (χ0n) is 12.5. The maximum absolute atomic E-state index is 10.3. The van der Waals surface area contributed by atoms with Crippen LogP contribution in [0.3, 0.4) is 0 Å². The van der Waals surface area contributed by atoms with Crippen LogP contribution in [0.4, 0.5) is 0 Å². The summed E-state index contributed by atoms with van der Waals surface area (Å²) in [5, 5.41) is 30.0. The van der Waals surface area contributed by atoms with Crippen molar-refractivity contribution in [2.45, 2.75) is 76.5 Å². The minimum atomic E-state index is -0.814. The molecule has 1 saturated heterocycles. The summed E-state index contributed by atoms with van der Waals surface area (Å²) in [7, 11) is 0. The van der Waals surface area contributed by atoms with Crippen LogP contribution in [0, 0.1) is 11.8 Å². The Balaban J connectivity index is 1.92. The molecule has 2 rings (SSSR count). The predicted molar refractivity (Wildman–Crippen MR) is 77.0 cm³/mol. The molecule has 20 heavy (non-hydrogen) atoms. The van der Waals surface area contributed by atoms with Crippen molar-refractivity contribution in [2.24, 2.45) is 11.8 Å². The van der Waals surface area contributed by atoms with Crippen LogP contribution in [0.15, 0.2) is 12.2 Å². The topological polar surface area (TPSA) is 69.9 Å². The number of hydrogen-bond acceptors (Lipinski definition) is 4. The molecule has 2 fully saturated rings. The molecule has 6 atom stereocenters. The van der Waals surface area contributed by atoms with E-state index in [4.69, 9.17) is 4.74 Å². The summed E-state index contributed by atoms with van der Waals surface area (Å²) in [6.07, 6.45) is 7.76. The van der Waals surface area contributed by atoms with Gasteiger partial charge in [-0.3, -0.25) is 0 Å². The minimum Gasteiger partial charge on any atom is -0.392 e. The molecule has 3 unspecified atom stereocenters. The van der Waals surface area contributed by atoms with Crippen LogP contribution < -0.4 is 0 Å². The Kier molecular flexibility index (Phi) is 5.24. The van der Waals surface area contributed by atoms with Crippen molar-refractivity contribution in [3.8, 4) is 0 Å². The average molecular weight is 284 g/mol. The Morgan fingerprint density at radius 1 is 1.25 bits per heavy atom. The first-order valence-corrected chi connectivity index (χ1v) is 7.86. The van der Waals surface area contributed by atoms with Crippen LogP contribution in [0.5, 0.6) is 0 Å². The molecule has 0 amide bonds. The van der Waals surface area contributed by atoms with Crippen LogP contribution in [0.1, 0.15) is 52.4 Å². The normalized spacial score (nSPS) is 40.1. The molecule has 0 aromatic rings. The highest BCUT2D eigenvalue weighted by Crippen LogP contribution is 2.43. The predicted octanol–water partition coefficient (Wildman–Crippen LogP) is 1.98. The molecule has 116 valence electrons. The summed E-state index contributed by atoms with van der Waals surface area (Å²) in [6.45, 7) is 3.96. The Bertz CT molecular complexity index is 339. The van der Waals surface area contributed by atoms with Gasteiger partial charge in [-0.1, -0.05) is 38.3 Å². The van der Waals surface area contributed by atoms with Crippen LogP contribution >= 0.6 is 0 Å². The lowest BCUT2D eigenvalue weighted by Crippen LogP contribution is -2.23. The fourth-order valence-corrected chi connectivity index (χ4v) is 3.46. The maximum Gasteiger partial charge on any atom is 0.155 e. The maximum atomic E-state index is 10.3. The number of fused-ring (bicyclic) bond motifs is 1. The van der Waals surface area contributed by atoms with Gasteiger partial charge in [0.15, 0.2) is 6.29 Å². The SMILES string of the molecule is CCCCCC(C)(O)C=C[C@@H]1C2CC(O)O[C@H]2C[C@H]1O. The van der Waals surface area contributed by atoms with Crippen molar-refractivity contribution in [2.75, 3.05) is 0 Å². The van der Waals surface area contributed by atoms with Gasteiger partial charge in [-0.25, -0.2) is 0 Å². The summed E-state index contributed by atoms with van der Waals surface area (Å²) in [6, 6.07) is 0. The Hall–Kier alpha value is -0.420. The van der Waals surface area contributed by atoms with Crippen molar-refractivity contribution in [1.82, 2.24) is 0 Å². The van der Waals surface area contributed by atoms with E-state index in [9.17, 15) is 15.3 Å². The molecule has 1 saturated carbocycles. The second kappa shape index (κ2) is 6.56. The van der Waals surface area contributed by atoms with E-state index in [1.807, 2.05) is 19.1 Å². The lowest BCUT2D eigenvalue weighted by atomic mass is 9.89. The molecule has 4 nitrogen and oxygen atoms in total. The smallest absolute Gasteiger partial charge is 0.155 e. The third kappa shape index (κ3) is 3.82. The standard InChI is InChI=1S/C16H28O4/c1-3-4-5-7-16(2,19)8-6-11-12-9-15(18)20-14(12)10-13(11)17/h6,8,11-15,17-19H,3-5,7,9-10H2,1-2H3/t11-,12?,13-,14+,15?,16?/m1/s1. The first-order chi connectivity index (χ1) is 9.43. The molecule has 2 aliphatic rings. The number of ether oxygens (including phenoxy) is 1. The molecule has 0 radical (unpaired) electrons. The molecule has 3 N–H and O–H groups in total. The summed E-state index contributed by atoms with van der Waals surface area (Å²) in [4.78, 5) is 0. The van der Waals surface area contributed by atoms with Crippen molar-refractivity contribution in [1.29, 1.82) is 0 Å². The van der Waals surface area contributed by atoms with E-state index in [1.165, 1.54) is 0 Å². The zero-order valence-corrected chi connectivity index (χ0v) is 12.5. The molecule has 1 heterocycles. The van der Waals surface area contributed by atoms with Crippen LogP contribution in [-0.4, -0.2) is 39.4 Å². The van der Waals surface area contributed by atoms with E-state index in [0.29, 0.717) is 12.8 Å². The Morgan fingerprint density at radius 2 is 2.00 bits per heavy atom. The van der Waals surface area contributed by atoms with E-state index in [2.05, 4.69) is 6.92 Å². The monoisotopic (exact) mass is 284 g/mol. The number of aliphatic hydroxyl groups is 3. The van der Waals surface area contributed by atoms with Crippen molar-refractivity contribution >= 4 is 0 Å². The van der Waals surface area contributed by atoms with Crippen molar-refractivity contribution in [3.63, 3.8) is 0 Å². The van der Waals surface area contributed by atoms with Gasteiger partial charge in [0.25, 0.3) is 0 Å². The molecular formula is C16H28O4. The highest BCUT2D eigenvalue weighted by Gasteiger charge is 2.47. The molecule has 1 aliphatic carbocycles. The van der Waals surface area contributed by atoms with E-state index in [-0.39, 0.29) is 17.9 Å². The molecule has 0 aromatic carbocycles. The summed E-state index contributed by atoms with van der Waals surface area (Å²) >= 11 is 0. The number of hydrogen-bond donors (Lipinski definition) is 3. The van der Waals surface area contributed by atoms with Crippen LogP contribution in [-0.2, 0) is 4.74 Å². The molecule has 0 spiro atoms. The van der Waals surface area contributed by atoms with Gasteiger partial charge in [-0.05, 0) is 19.3 Å². The van der Waals surface area contributed by atoms with Gasteiger partial charge >= 0.3 is 0 Å².